The molecule has 170 valence electrons. The summed E-state index contributed by atoms with van der Waals surface area (Å²) in [6.45, 7) is 0.702. The largest absolute Gasteiger partial charge is 0.493 e. The van der Waals surface area contributed by atoms with E-state index in [-0.39, 0.29) is 18.3 Å². The summed E-state index contributed by atoms with van der Waals surface area (Å²) in [5.74, 6) is 2.48. The average Bonchev–Trinajstić information content (AvgIpc) is 3.28. The van der Waals surface area contributed by atoms with Crippen molar-refractivity contribution in [1.29, 1.82) is 0 Å². The van der Waals surface area contributed by atoms with Gasteiger partial charge in [-0.15, -0.1) is 10.2 Å². The molecule has 0 radical (unpaired) electrons. The van der Waals surface area contributed by atoms with Gasteiger partial charge in [0, 0.05) is 18.6 Å². The van der Waals surface area contributed by atoms with E-state index >= 15 is 0 Å². The molecule has 0 aliphatic heterocycles. The maximum atomic E-state index is 12.4. The van der Waals surface area contributed by atoms with E-state index in [1.807, 2.05) is 18.2 Å². The molecule has 0 unspecified atom stereocenters. The number of nitrogens with zero attached hydrogens (tertiary/aromatic N) is 3. The Kier molecular flexibility index (Phi) is 8.64. The van der Waals surface area contributed by atoms with Crippen LogP contribution in [-0.4, -0.2) is 54.6 Å². The Morgan fingerprint density at radius 1 is 1.09 bits per heavy atom. The third kappa shape index (κ3) is 6.80. The molecule has 0 atom stereocenters. The number of benzene rings is 2. The molecule has 10 heteroatoms. The molecule has 1 aromatic heterocycles. The summed E-state index contributed by atoms with van der Waals surface area (Å²) in [4.78, 5) is 14.1. The van der Waals surface area contributed by atoms with E-state index < -0.39 is 0 Å². The van der Waals surface area contributed by atoms with Gasteiger partial charge in [0.05, 0.1) is 20.0 Å². The lowest BCUT2D eigenvalue weighted by molar-refractivity contribution is -0.127. The van der Waals surface area contributed by atoms with E-state index in [0.29, 0.717) is 46.4 Å². The molecule has 1 amide bonds. The van der Waals surface area contributed by atoms with Gasteiger partial charge in [-0.1, -0.05) is 29.4 Å². The fourth-order valence-corrected chi connectivity index (χ4v) is 3.57. The highest BCUT2D eigenvalue weighted by molar-refractivity contribution is 7.99. The number of carbonyl (C=O) groups excluding carboxylic acids is 1. The zero-order chi connectivity index (χ0) is 22.9. The Hall–Kier alpha value is -2.91. The van der Waals surface area contributed by atoms with Crippen molar-refractivity contribution in [2.75, 3.05) is 33.6 Å². The molecule has 0 fully saturated rings. The highest BCUT2D eigenvalue weighted by Gasteiger charge is 2.14. The van der Waals surface area contributed by atoms with Gasteiger partial charge in [0.1, 0.15) is 5.75 Å². The first-order chi connectivity index (χ1) is 15.5. The molecule has 0 bridgehead atoms. The van der Waals surface area contributed by atoms with Crippen molar-refractivity contribution in [3.05, 3.63) is 58.9 Å². The Bertz CT molecular complexity index is 1030. The quantitative estimate of drug-likeness (QED) is 0.381. The maximum absolute atomic E-state index is 12.4. The third-order valence-electron chi connectivity index (χ3n) is 4.55. The monoisotopic (exact) mass is 477 g/mol. The van der Waals surface area contributed by atoms with Crippen LogP contribution in [0, 0.1) is 0 Å². The second-order valence-electron chi connectivity index (χ2n) is 6.75. The zero-order valence-electron chi connectivity index (χ0n) is 18.0. The maximum Gasteiger partial charge on any atom is 0.277 e. The normalized spacial score (nSPS) is 10.6. The third-order valence-corrected chi connectivity index (χ3v) is 5.61. The molecule has 32 heavy (non-hydrogen) atoms. The molecule has 0 saturated heterocycles. The first-order valence-electron chi connectivity index (χ1n) is 9.77. The van der Waals surface area contributed by atoms with Crippen molar-refractivity contribution in [3.8, 4) is 17.2 Å². The number of thioether (sulfide) groups is 1. The van der Waals surface area contributed by atoms with E-state index in [1.165, 1.54) is 11.8 Å². The Morgan fingerprint density at radius 3 is 2.56 bits per heavy atom. The van der Waals surface area contributed by atoms with E-state index in [2.05, 4.69) is 10.2 Å². The fourth-order valence-electron chi connectivity index (χ4n) is 2.72. The number of aromatic nitrogens is 2. The minimum atomic E-state index is -0.0346. The lowest BCUT2D eigenvalue weighted by Crippen LogP contribution is -2.30. The number of methoxy groups -OCH3 is 2. The van der Waals surface area contributed by atoms with Crippen LogP contribution in [0.3, 0.4) is 0 Å². The van der Waals surface area contributed by atoms with Crippen molar-refractivity contribution in [3.63, 3.8) is 0 Å². The second kappa shape index (κ2) is 11.6. The number of hydrogen-bond donors (Lipinski definition) is 0. The van der Waals surface area contributed by atoms with Gasteiger partial charge in [0.2, 0.25) is 5.91 Å². The molecule has 0 N–H and O–H groups in total. The van der Waals surface area contributed by atoms with Crippen molar-refractivity contribution in [2.24, 2.45) is 0 Å². The van der Waals surface area contributed by atoms with Crippen LogP contribution in [0.2, 0.25) is 5.02 Å². The van der Waals surface area contributed by atoms with Gasteiger partial charge in [-0.3, -0.25) is 4.79 Å². The van der Waals surface area contributed by atoms with Crippen molar-refractivity contribution >= 4 is 29.3 Å². The van der Waals surface area contributed by atoms with Crippen LogP contribution in [-0.2, 0) is 17.8 Å². The smallest absolute Gasteiger partial charge is 0.277 e. The van der Waals surface area contributed by atoms with Crippen molar-refractivity contribution < 1.29 is 23.4 Å². The molecule has 3 aromatic rings. The van der Waals surface area contributed by atoms with Crippen molar-refractivity contribution in [1.82, 2.24) is 15.1 Å². The Labute approximate surface area is 195 Å². The number of likely N-dealkylation sites (N-methyl/N-ethyl adjacent to an activating group) is 1. The van der Waals surface area contributed by atoms with Gasteiger partial charge in [-0.25, -0.2) is 0 Å². The number of carbonyl (C=O) groups is 1. The van der Waals surface area contributed by atoms with E-state index in [4.69, 9.17) is 30.2 Å². The van der Waals surface area contributed by atoms with Crippen LogP contribution < -0.4 is 14.2 Å². The summed E-state index contributed by atoms with van der Waals surface area (Å²) in [7, 11) is 4.96. The van der Waals surface area contributed by atoms with Gasteiger partial charge in [0.15, 0.2) is 18.1 Å². The second-order valence-corrected chi connectivity index (χ2v) is 8.11. The number of rotatable bonds is 11. The van der Waals surface area contributed by atoms with Gasteiger partial charge >= 0.3 is 0 Å². The predicted octanol–water partition coefficient (Wildman–Crippen LogP) is 4.11. The predicted molar refractivity (Wildman–Crippen MR) is 122 cm³/mol. The molecule has 0 saturated carbocycles. The highest BCUT2D eigenvalue weighted by atomic mass is 35.5. The highest BCUT2D eigenvalue weighted by Crippen LogP contribution is 2.27. The molecule has 1 heterocycles. The molecule has 8 nitrogen and oxygen atoms in total. The summed E-state index contributed by atoms with van der Waals surface area (Å²) in [5, 5.41) is 8.85. The SMILES string of the molecule is COc1ccc(CCN(C)C(=O)CSc2nnc(COc3ccc(Cl)cc3)o2)cc1OC. The first-order valence-corrected chi connectivity index (χ1v) is 11.1. The number of amides is 1. The summed E-state index contributed by atoms with van der Waals surface area (Å²) < 4.78 is 21.7. The molecular weight excluding hydrogens is 454 g/mol. The van der Waals surface area contributed by atoms with Gasteiger partial charge in [-0.2, -0.15) is 0 Å². The van der Waals surface area contributed by atoms with Crippen molar-refractivity contribution in [2.45, 2.75) is 18.3 Å². The van der Waals surface area contributed by atoms with Gasteiger partial charge in [-0.05, 0) is 48.4 Å². The lowest BCUT2D eigenvalue weighted by Gasteiger charge is -2.17. The minimum Gasteiger partial charge on any atom is -0.493 e. The Balaban J connectivity index is 1.42. The number of hydrogen-bond acceptors (Lipinski definition) is 8. The summed E-state index contributed by atoms with van der Waals surface area (Å²) in [5.41, 5.74) is 1.05. The topological polar surface area (TPSA) is 86.9 Å². The van der Waals surface area contributed by atoms with Crippen LogP contribution in [0.4, 0.5) is 0 Å². The molecule has 0 aliphatic carbocycles. The van der Waals surface area contributed by atoms with Gasteiger partial charge in [0.25, 0.3) is 11.1 Å². The van der Waals surface area contributed by atoms with Crippen LogP contribution in [0.1, 0.15) is 11.5 Å². The van der Waals surface area contributed by atoms with Crippen LogP contribution in [0.25, 0.3) is 0 Å². The Morgan fingerprint density at radius 2 is 1.84 bits per heavy atom. The average molecular weight is 478 g/mol. The molecule has 0 aliphatic rings. The number of ether oxygens (including phenoxy) is 3. The fraction of sp³-hybridized carbons (Fsp3) is 0.318. The van der Waals surface area contributed by atoms with E-state index in [9.17, 15) is 4.79 Å². The molecule has 0 spiro atoms. The van der Waals surface area contributed by atoms with E-state index in [1.54, 1.807) is 50.4 Å². The summed E-state index contributed by atoms with van der Waals surface area (Å²) >= 11 is 7.04. The molecule has 3 rings (SSSR count). The van der Waals surface area contributed by atoms with E-state index in [0.717, 1.165) is 5.56 Å². The standard InChI is InChI=1S/C22H24ClN3O5S/c1-26(11-10-15-4-9-18(28-2)19(12-15)29-3)21(27)14-32-22-25-24-20(31-22)13-30-17-7-5-16(23)6-8-17/h4-9,12H,10-11,13-14H2,1-3H3. The minimum absolute atomic E-state index is 0.0346. The first kappa shape index (κ1) is 23.7. The molecule has 2 aromatic carbocycles. The number of halogens is 1. The zero-order valence-corrected chi connectivity index (χ0v) is 19.6. The van der Waals surface area contributed by atoms with Crippen LogP contribution in [0.15, 0.2) is 52.1 Å². The van der Waals surface area contributed by atoms with Crippen LogP contribution in [0.5, 0.6) is 17.2 Å². The summed E-state index contributed by atoms with van der Waals surface area (Å²) in [6.07, 6.45) is 0.694. The van der Waals surface area contributed by atoms with Crippen LogP contribution >= 0.6 is 23.4 Å². The molecular formula is C22H24ClN3O5S. The lowest BCUT2D eigenvalue weighted by atomic mass is 10.1. The van der Waals surface area contributed by atoms with Gasteiger partial charge < -0.3 is 23.5 Å². The summed E-state index contributed by atoms with van der Waals surface area (Å²) in [6, 6.07) is 12.7.